The molecule has 0 radical (unpaired) electrons. The van der Waals surface area contributed by atoms with Crippen molar-refractivity contribution < 1.29 is 13.2 Å². The minimum absolute atomic E-state index is 0.196. The summed E-state index contributed by atoms with van der Waals surface area (Å²) >= 11 is 0. The summed E-state index contributed by atoms with van der Waals surface area (Å²) in [6.07, 6.45) is 2.79. The van der Waals surface area contributed by atoms with Gasteiger partial charge in [-0.1, -0.05) is 48.5 Å². The maximum atomic E-state index is 12.9. The molecule has 3 aromatic carbocycles. The molecule has 1 saturated carbocycles. The van der Waals surface area contributed by atoms with Gasteiger partial charge in [0.25, 0.3) is 10.0 Å². The van der Waals surface area contributed by atoms with Gasteiger partial charge in [0.05, 0.1) is 4.90 Å². The van der Waals surface area contributed by atoms with Gasteiger partial charge in [-0.15, -0.1) is 0 Å². The van der Waals surface area contributed by atoms with Crippen molar-refractivity contribution in [3.8, 4) is 11.1 Å². The first-order chi connectivity index (χ1) is 15.0. The highest BCUT2D eigenvalue weighted by Crippen LogP contribution is 2.33. The quantitative estimate of drug-likeness (QED) is 0.648. The lowest BCUT2D eigenvalue weighted by Gasteiger charge is -2.29. The zero-order valence-corrected chi connectivity index (χ0v) is 17.9. The Morgan fingerprint density at radius 2 is 1.58 bits per heavy atom. The third-order valence-corrected chi connectivity index (χ3v) is 7.38. The van der Waals surface area contributed by atoms with Gasteiger partial charge < -0.3 is 4.90 Å². The highest BCUT2D eigenvalue weighted by Gasteiger charge is 2.34. The number of nitrogens with one attached hydrogen (secondary N) is 1. The molecule has 0 atom stereocenters. The van der Waals surface area contributed by atoms with Crippen molar-refractivity contribution in [1.29, 1.82) is 0 Å². The third-order valence-electron chi connectivity index (χ3n) is 5.98. The summed E-state index contributed by atoms with van der Waals surface area (Å²) in [5.74, 6) is 0.428. The summed E-state index contributed by atoms with van der Waals surface area (Å²) in [5.41, 5.74) is 4.72. The molecule has 0 unspecified atom stereocenters. The Hall–Kier alpha value is -3.12. The molecule has 1 heterocycles. The van der Waals surface area contributed by atoms with Crippen molar-refractivity contribution in [3.05, 3.63) is 83.9 Å². The van der Waals surface area contributed by atoms with Crippen LogP contribution in [0.15, 0.2) is 77.7 Å². The maximum Gasteiger partial charge on any atom is 0.261 e. The number of hydrogen-bond donors (Lipinski definition) is 1. The standard InChI is InChI=1S/C25H24N2O3S/c28-25(21-6-7-21)27-15-14-20-8-11-23(16-22(20)17-27)26-31(29,30)24-12-9-19(10-13-24)18-4-2-1-3-5-18/h1-5,8-13,16,21,26H,6-7,14-15,17H2. The minimum Gasteiger partial charge on any atom is -0.338 e. The molecule has 3 aromatic rings. The molecular formula is C25H24N2O3S. The van der Waals surface area contributed by atoms with E-state index < -0.39 is 10.0 Å². The summed E-state index contributed by atoms with van der Waals surface area (Å²) in [6, 6.07) is 22.3. The van der Waals surface area contributed by atoms with Gasteiger partial charge in [-0.3, -0.25) is 9.52 Å². The summed E-state index contributed by atoms with van der Waals surface area (Å²) < 4.78 is 28.5. The molecule has 1 amide bonds. The lowest BCUT2D eigenvalue weighted by atomic mass is 9.99. The van der Waals surface area contributed by atoms with Crippen LogP contribution in [-0.4, -0.2) is 25.8 Å². The number of hydrogen-bond acceptors (Lipinski definition) is 3. The van der Waals surface area contributed by atoms with Gasteiger partial charge in [0, 0.05) is 24.7 Å². The number of carbonyl (C=O) groups is 1. The first kappa shape index (κ1) is 19.8. The molecule has 1 N–H and O–H groups in total. The van der Waals surface area contributed by atoms with Gasteiger partial charge in [-0.05, 0) is 65.8 Å². The zero-order chi connectivity index (χ0) is 21.4. The fraction of sp³-hybridized carbons (Fsp3) is 0.240. The Balaban J connectivity index is 1.33. The van der Waals surface area contributed by atoms with Crippen LogP contribution in [0.3, 0.4) is 0 Å². The van der Waals surface area contributed by atoms with E-state index >= 15 is 0 Å². The molecule has 6 heteroatoms. The van der Waals surface area contributed by atoms with Crippen LogP contribution in [0.1, 0.15) is 24.0 Å². The van der Waals surface area contributed by atoms with Crippen LogP contribution < -0.4 is 4.72 Å². The van der Waals surface area contributed by atoms with E-state index in [-0.39, 0.29) is 16.7 Å². The second-order valence-corrected chi connectivity index (χ2v) is 9.95. The minimum atomic E-state index is -3.70. The highest BCUT2D eigenvalue weighted by molar-refractivity contribution is 7.92. The molecule has 1 fully saturated rings. The lowest BCUT2D eigenvalue weighted by Crippen LogP contribution is -2.36. The summed E-state index contributed by atoms with van der Waals surface area (Å²) in [7, 11) is -3.70. The summed E-state index contributed by atoms with van der Waals surface area (Å²) in [6.45, 7) is 1.28. The molecule has 1 aliphatic heterocycles. The first-order valence-corrected chi connectivity index (χ1v) is 12.1. The van der Waals surface area contributed by atoms with Crippen LogP contribution in [0.2, 0.25) is 0 Å². The molecule has 0 spiro atoms. The Labute approximate surface area is 182 Å². The first-order valence-electron chi connectivity index (χ1n) is 10.6. The second kappa shape index (κ2) is 7.85. The Kier molecular flexibility index (Phi) is 5.02. The molecule has 0 aromatic heterocycles. The Morgan fingerprint density at radius 1 is 0.871 bits per heavy atom. The number of carbonyl (C=O) groups excluding carboxylic acids is 1. The van der Waals surface area contributed by atoms with Gasteiger partial charge in [-0.25, -0.2) is 8.42 Å². The predicted octanol–water partition coefficient (Wildman–Crippen LogP) is 4.45. The van der Waals surface area contributed by atoms with Crippen molar-refractivity contribution in [2.24, 2.45) is 5.92 Å². The number of fused-ring (bicyclic) bond motifs is 1. The number of sulfonamides is 1. The monoisotopic (exact) mass is 432 g/mol. The van der Waals surface area contributed by atoms with E-state index in [9.17, 15) is 13.2 Å². The Morgan fingerprint density at radius 3 is 2.29 bits per heavy atom. The van der Waals surface area contributed by atoms with E-state index in [1.807, 2.05) is 59.5 Å². The van der Waals surface area contributed by atoms with Crippen molar-refractivity contribution in [3.63, 3.8) is 0 Å². The van der Waals surface area contributed by atoms with E-state index in [0.29, 0.717) is 12.2 Å². The average Bonchev–Trinajstić information content (AvgIpc) is 3.64. The van der Waals surface area contributed by atoms with Crippen molar-refractivity contribution >= 4 is 21.6 Å². The van der Waals surface area contributed by atoms with Crippen LogP contribution in [0.4, 0.5) is 5.69 Å². The topological polar surface area (TPSA) is 66.5 Å². The molecule has 5 nitrogen and oxygen atoms in total. The van der Waals surface area contributed by atoms with Gasteiger partial charge in [0.15, 0.2) is 0 Å². The van der Waals surface area contributed by atoms with E-state index in [1.54, 1.807) is 18.2 Å². The van der Waals surface area contributed by atoms with E-state index in [1.165, 1.54) is 5.56 Å². The van der Waals surface area contributed by atoms with Gasteiger partial charge in [0.1, 0.15) is 0 Å². The van der Waals surface area contributed by atoms with Crippen LogP contribution >= 0.6 is 0 Å². The highest BCUT2D eigenvalue weighted by atomic mass is 32.2. The molecule has 2 aliphatic rings. The van der Waals surface area contributed by atoms with Crippen LogP contribution in [0.25, 0.3) is 11.1 Å². The van der Waals surface area contributed by atoms with E-state index in [2.05, 4.69) is 4.72 Å². The maximum absolute atomic E-state index is 12.9. The number of nitrogens with zero attached hydrogens (tertiary/aromatic N) is 1. The van der Waals surface area contributed by atoms with E-state index in [0.717, 1.165) is 42.5 Å². The smallest absolute Gasteiger partial charge is 0.261 e. The zero-order valence-electron chi connectivity index (χ0n) is 17.1. The number of rotatable bonds is 5. The molecule has 5 rings (SSSR count). The fourth-order valence-electron chi connectivity index (χ4n) is 4.07. The second-order valence-electron chi connectivity index (χ2n) is 8.26. The summed E-state index contributed by atoms with van der Waals surface area (Å²) in [4.78, 5) is 14.5. The third kappa shape index (κ3) is 4.21. The molecule has 1 aliphatic carbocycles. The van der Waals surface area contributed by atoms with Crippen LogP contribution in [0.5, 0.6) is 0 Å². The fourth-order valence-corrected chi connectivity index (χ4v) is 5.12. The average molecular weight is 433 g/mol. The molecule has 158 valence electrons. The van der Waals surface area contributed by atoms with E-state index in [4.69, 9.17) is 0 Å². The number of anilines is 1. The molecular weight excluding hydrogens is 408 g/mol. The summed E-state index contributed by atoms with van der Waals surface area (Å²) in [5, 5.41) is 0. The normalized spacial score (nSPS) is 15.9. The van der Waals surface area contributed by atoms with Gasteiger partial charge in [0.2, 0.25) is 5.91 Å². The molecule has 0 bridgehead atoms. The van der Waals surface area contributed by atoms with Crippen LogP contribution in [-0.2, 0) is 27.8 Å². The molecule has 31 heavy (non-hydrogen) atoms. The Bertz CT molecular complexity index is 1220. The molecule has 0 saturated heterocycles. The largest absolute Gasteiger partial charge is 0.338 e. The number of amides is 1. The van der Waals surface area contributed by atoms with Crippen molar-refractivity contribution in [1.82, 2.24) is 4.90 Å². The van der Waals surface area contributed by atoms with Gasteiger partial charge in [-0.2, -0.15) is 0 Å². The number of benzene rings is 3. The van der Waals surface area contributed by atoms with Crippen LogP contribution in [0, 0.1) is 5.92 Å². The van der Waals surface area contributed by atoms with Crippen molar-refractivity contribution in [2.75, 3.05) is 11.3 Å². The SMILES string of the molecule is O=C(C1CC1)N1CCc2ccc(NS(=O)(=O)c3ccc(-c4ccccc4)cc3)cc2C1. The predicted molar refractivity (Wildman–Crippen MR) is 121 cm³/mol. The van der Waals surface area contributed by atoms with Crippen molar-refractivity contribution in [2.45, 2.75) is 30.7 Å². The van der Waals surface area contributed by atoms with Gasteiger partial charge >= 0.3 is 0 Å². The lowest BCUT2D eigenvalue weighted by molar-refractivity contribution is -0.133.